The van der Waals surface area contributed by atoms with E-state index < -0.39 is 22.9 Å². The maximum Gasteiger partial charge on any atom is 0.450 e. The summed E-state index contributed by atoms with van der Waals surface area (Å²) in [5.74, 6) is -1.53. The molecule has 176 valence electrons. The van der Waals surface area contributed by atoms with Crippen LogP contribution in [0.15, 0.2) is 63.8 Å². The zero-order valence-corrected chi connectivity index (χ0v) is 18.7. The van der Waals surface area contributed by atoms with Gasteiger partial charge in [-0.1, -0.05) is 48.9 Å². The molecule has 0 radical (unpaired) electrons. The number of benzene rings is 3. The first-order valence-electron chi connectivity index (χ1n) is 11.4. The zero-order valence-electron chi connectivity index (χ0n) is 18.7. The van der Waals surface area contributed by atoms with Crippen LogP contribution in [-0.2, 0) is 12.7 Å². The van der Waals surface area contributed by atoms with E-state index in [0.29, 0.717) is 5.39 Å². The summed E-state index contributed by atoms with van der Waals surface area (Å²) in [6.07, 6.45) is -1.88. The molecule has 1 N–H and O–H groups in total. The molecular formula is C27H24F3NO3. The summed E-state index contributed by atoms with van der Waals surface area (Å²) >= 11 is 0. The minimum Gasteiger partial charge on any atom is -0.507 e. The lowest BCUT2D eigenvalue weighted by molar-refractivity contribution is -0.152. The maximum atomic E-state index is 14.3. The van der Waals surface area contributed by atoms with Crippen molar-refractivity contribution in [2.45, 2.75) is 44.9 Å². The van der Waals surface area contributed by atoms with E-state index >= 15 is 0 Å². The first kappa shape index (κ1) is 22.5. The molecule has 34 heavy (non-hydrogen) atoms. The molecule has 4 aromatic rings. The first-order valence-corrected chi connectivity index (χ1v) is 11.4. The first-order chi connectivity index (χ1) is 16.3. The van der Waals surface area contributed by atoms with E-state index in [2.05, 4.69) is 11.8 Å². The van der Waals surface area contributed by atoms with Crippen LogP contribution in [-0.4, -0.2) is 22.6 Å². The summed E-state index contributed by atoms with van der Waals surface area (Å²) in [7, 11) is 0. The van der Waals surface area contributed by atoms with Gasteiger partial charge in [-0.15, -0.1) is 0 Å². The van der Waals surface area contributed by atoms with Gasteiger partial charge in [-0.3, -0.25) is 9.69 Å². The molecule has 1 aliphatic rings. The topological polar surface area (TPSA) is 53.7 Å². The van der Waals surface area contributed by atoms with Crippen LogP contribution in [0.3, 0.4) is 0 Å². The predicted molar refractivity (Wildman–Crippen MR) is 126 cm³/mol. The molecule has 2 heterocycles. The number of nitrogens with zero attached hydrogens (tertiary/aromatic N) is 1. The lowest BCUT2D eigenvalue weighted by Crippen LogP contribution is -2.36. The Labute approximate surface area is 194 Å². The summed E-state index contributed by atoms with van der Waals surface area (Å²) in [5.41, 5.74) is -1.12. The van der Waals surface area contributed by atoms with Crippen molar-refractivity contribution in [2.75, 3.05) is 6.54 Å². The second-order valence-corrected chi connectivity index (χ2v) is 8.91. The van der Waals surface area contributed by atoms with E-state index in [1.54, 1.807) is 36.4 Å². The largest absolute Gasteiger partial charge is 0.507 e. The number of halogens is 3. The second-order valence-electron chi connectivity index (χ2n) is 8.91. The fraction of sp³-hybridized carbons (Fsp3) is 0.296. The molecule has 0 unspecified atom stereocenters. The Balaban J connectivity index is 1.79. The molecule has 4 nitrogen and oxygen atoms in total. The van der Waals surface area contributed by atoms with Crippen LogP contribution in [0.2, 0.25) is 0 Å². The molecule has 3 aromatic carbocycles. The van der Waals surface area contributed by atoms with Crippen molar-refractivity contribution >= 4 is 21.7 Å². The summed E-state index contributed by atoms with van der Waals surface area (Å²) in [5, 5.41) is 11.8. The third-order valence-electron chi connectivity index (χ3n) is 6.76. The van der Waals surface area contributed by atoms with Crippen molar-refractivity contribution in [1.82, 2.24) is 4.90 Å². The molecule has 0 aliphatic carbocycles. The molecule has 0 saturated carbocycles. The summed E-state index contributed by atoms with van der Waals surface area (Å²) in [4.78, 5) is 15.7. The lowest BCUT2D eigenvalue weighted by Gasteiger charge is -2.33. The highest BCUT2D eigenvalue weighted by atomic mass is 19.4. The van der Waals surface area contributed by atoms with E-state index in [4.69, 9.17) is 4.42 Å². The van der Waals surface area contributed by atoms with Crippen molar-refractivity contribution < 1.29 is 22.7 Å². The van der Waals surface area contributed by atoms with Crippen molar-refractivity contribution in [1.29, 1.82) is 0 Å². The van der Waals surface area contributed by atoms with Crippen LogP contribution in [0.4, 0.5) is 13.2 Å². The van der Waals surface area contributed by atoms with Crippen molar-refractivity contribution in [3.05, 3.63) is 76.1 Å². The van der Waals surface area contributed by atoms with Crippen molar-refractivity contribution in [3.8, 4) is 16.9 Å². The standard InChI is InChI=1S/C27H24F3NO3/c1-16-7-4-5-14-31(16)15-21-22(32)13-12-20-24(33)23(26(27(28,29)30)34-25(20)21)19-11-6-9-17-8-2-3-10-18(17)19/h2-3,6,8-13,16,32H,4-5,7,14-15H2,1H3/t16-/m0/s1. The molecular weight excluding hydrogens is 443 g/mol. The van der Waals surface area contributed by atoms with Crippen LogP contribution in [0.1, 0.15) is 37.5 Å². The number of hydrogen-bond donors (Lipinski definition) is 1. The average molecular weight is 467 g/mol. The van der Waals surface area contributed by atoms with E-state index in [0.717, 1.165) is 31.2 Å². The smallest absolute Gasteiger partial charge is 0.450 e. The number of hydrogen-bond acceptors (Lipinski definition) is 4. The minimum absolute atomic E-state index is 0.0217. The van der Waals surface area contributed by atoms with E-state index in [-0.39, 0.29) is 40.4 Å². The Kier molecular flexibility index (Phi) is 5.60. The molecule has 1 aliphatic heterocycles. The van der Waals surface area contributed by atoms with Gasteiger partial charge in [0.25, 0.3) is 0 Å². The molecule has 1 aromatic heterocycles. The number of alkyl halides is 3. The van der Waals surface area contributed by atoms with Crippen LogP contribution < -0.4 is 5.43 Å². The van der Waals surface area contributed by atoms with Gasteiger partial charge in [0, 0.05) is 12.6 Å². The van der Waals surface area contributed by atoms with Gasteiger partial charge in [0.2, 0.25) is 11.2 Å². The summed E-state index contributed by atoms with van der Waals surface area (Å²) in [6, 6.07) is 14.8. The van der Waals surface area contributed by atoms with Gasteiger partial charge in [-0.2, -0.15) is 13.2 Å². The van der Waals surface area contributed by atoms with Crippen molar-refractivity contribution in [2.24, 2.45) is 0 Å². The number of phenols is 1. The van der Waals surface area contributed by atoms with Gasteiger partial charge in [0.15, 0.2) is 0 Å². The molecule has 1 atom stereocenters. The Morgan fingerprint density at radius 3 is 2.56 bits per heavy atom. The number of likely N-dealkylation sites (tertiary alicyclic amines) is 1. The molecule has 7 heteroatoms. The van der Waals surface area contributed by atoms with Gasteiger partial charge in [0.1, 0.15) is 11.3 Å². The number of aromatic hydroxyl groups is 1. The van der Waals surface area contributed by atoms with E-state index in [9.17, 15) is 23.1 Å². The molecule has 0 amide bonds. The molecule has 0 spiro atoms. The van der Waals surface area contributed by atoms with Gasteiger partial charge in [-0.05, 0) is 54.8 Å². The van der Waals surface area contributed by atoms with Crippen LogP contribution in [0, 0.1) is 0 Å². The predicted octanol–water partition coefficient (Wildman–Crippen LogP) is 6.71. The highest BCUT2D eigenvalue weighted by Gasteiger charge is 2.40. The minimum atomic E-state index is -4.90. The molecule has 5 rings (SSSR count). The van der Waals surface area contributed by atoms with E-state index in [1.165, 1.54) is 18.2 Å². The Bertz CT molecular complexity index is 1440. The normalized spacial score (nSPS) is 17.5. The zero-order chi connectivity index (χ0) is 24.0. The molecule has 1 fully saturated rings. The number of piperidine rings is 1. The van der Waals surface area contributed by atoms with Gasteiger partial charge >= 0.3 is 6.18 Å². The third-order valence-corrected chi connectivity index (χ3v) is 6.76. The quantitative estimate of drug-likeness (QED) is 0.364. The van der Waals surface area contributed by atoms with Gasteiger partial charge in [0.05, 0.1) is 16.5 Å². The number of phenolic OH excluding ortho intramolecular Hbond substituents is 1. The Morgan fingerprint density at radius 2 is 1.79 bits per heavy atom. The average Bonchev–Trinajstić information content (AvgIpc) is 2.81. The van der Waals surface area contributed by atoms with Crippen LogP contribution >= 0.6 is 0 Å². The number of fused-ring (bicyclic) bond motifs is 2. The fourth-order valence-corrected chi connectivity index (χ4v) is 4.94. The van der Waals surface area contributed by atoms with Crippen molar-refractivity contribution in [3.63, 3.8) is 0 Å². The van der Waals surface area contributed by atoms with E-state index in [1.807, 2.05) is 0 Å². The highest BCUT2D eigenvalue weighted by Crippen LogP contribution is 2.41. The second kappa shape index (κ2) is 8.47. The monoisotopic (exact) mass is 467 g/mol. The maximum absolute atomic E-state index is 14.3. The molecule has 1 saturated heterocycles. The SMILES string of the molecule is C[C@H]1CCCCN1Cc1c(O)ccc2c(=O)c(-c3cccc4ccccc34)c(C(F)(F)F)oc12. The number of rotatable bonds is 3. The molecule has 0 bridgehead atoms. The summed E-state index contributed by atoms with van der Waals surface area (Å²) in [6.45, 7) is 3.02. The Hall–Kier alpha value is -3.32. The van der Waals surface area contributed by atoms with Crippen LogP contribution in [0.5, 0.6) is 5.75 Å². The van der Waals surface area contributed by atoms with Gasteiger partial charge < -0.3 is 9.52 Å². The lowest BCUT2D eigenvalue weighted by atomic mass is 9.95. The fourth-order valence-electron chi connectivity index (χ4n) is 4.94. The Morgan fingerprint density at radius 1 is 1.03 bits per heavy atom. The third kappa shape index (κ3) is 3.84. The highest BCUT2D eigenvalue weighted by molar-refractivity contribution is 5.99. The van der Waals surface area contributed by atoms with Gasteiger partial charge in [-0.25, -0.2) is 0 Å². The summed E-state index contributed by atoms with van der Waals surface area (Å²) < 4.78 is 48.4. The van der Waals surface area contributed by atoms with Crippen LogP contribution in [0.25, 0.3) is 32.9 Å².